The van der Waals surface area contributed by atoms with Crippen molar-refractivity contribution in [1.82, 2.24) is 0 Å². The molecule has 0 bridgehead atoms. The number of amides is 3. The van der Waals surface area contributed by atoms with Gasteiger partial charge >= 0.3 is 12.6 Å². The monoisotopic (exact) mass is 321 g/mol. The Bertz CT molecular complexity index is 688. The molecule has 0 aliphatic heterocycles. The molecule has 0 heterocycles. The summed E-state index contributed by atoms with van der Waals surface area (Å²) in [5.41, 5.74) is 6.26. The second-order valence-corrected chi connectivity index (χ2v) is 4.42. The molecule has 0 atom stereocenters. The van der Waals surface area contributed by atoms with Crippen molar-refractivity contribution < 1.29 is 23.1 Å². The fourth-order valence-electron chi connectivity index (χ4n) is 1.77. The number of halogens is 2. The maximum absolute atomic E-state index is 12.0. The molecule has 0 saturated carbocycles. The smallest absolute Gasteiger partial charge is 0.387 e. The van der Waals surface area contributed by atoms with Crippen LogP contribution in [-0.4, -0.2) is 18.5 Å². The molecular formula is C15H13F2N3O3. The molecule has 0 fully saturated rings. The summed E-state index contributed by atoms with van der Waals surface area (Å²) >= 11 is 0. The van der Waals surface area contributed by atoms with Gasteiger partial charge in [-0.3, -0.25) is 4.79 Å². The lowest BCUT2D eigenvalue weighted by Crippen LogP contribution is -2.19. The zero-order chi connectivity index (χ0) is 16.8. The highest BCUT2D eigenvalue weighted by Gasteiger charge is 2.08. The molecule has 0 saturated heterocycles. The van der Waals surface area contributed by atoms with E-state index in [-0.39, 0.29) is 11.3 Å². The van der Waals surface area contributed by atoms with Crippen molar-refractivity contribution in [3.63, 3.8) is 0 Å². The van der Waals surface area contributed by atoms with Gasteiger partial charge in [-0.1, -0.05) is 0 Å². The first-order valence-corrected chi connectivity index (χ1v) is 6.47. The first-order valence-electron chi connectivity index (χ1n) is 6.47. The Hall–Kier alpha value is -3.16. The van der Waals surface area contributed by atoms with E-state index in [0.29, 0.717) is 11.4 Å². The van der Waals surface area contributed by atoms with Crippen LogP contribution < -0.4 is 21.1 Å². The number of nitrogens with two attached hydrogens (primary N) is 1. The summed E-state index contributed by atoms with van der Waals surface area (Å²) in [7, 11) is 0. The summed E-state index contributed by atoms with van der Waals surface area (Å²) in [6.07, 6.45) is 0. The van der Waals surface area contributed by atoms with Crippen molar-refractivity contribution in [3.05, 3.63) is 54.1 Å². The average Bonchev–Trinajstić information content (AvgIpc) is 2.49. The van der Waals surface area contributed by atoms with E-state index in [0.717, 1.165) is 0 Å². The summed E-state index contributed by atoms with van der Waals surface area (Å²) in [4.78, 5) is 22.7. The number of rotatable bonds is 5. The van der Waals surface area contributed by atoms with Gasteiger partial charge in [0.2, 0.25) is 0 Å². The summed E-state index contributed by atoms with van der Waals surface area (Å²) in [5.74, 6) is -0.442. The van der Waals surface area contributed by atoms with Gasteiger partial charge < -0.3 is 21.1 Å². The van der Waals surface area contributed by atoms with Crippen molar-refractivity contribution in [1.29, 1.82) is 0 Å². The Kier molecular flexibility index (Phi) is 5.08. The normalized spacial score (nSPS) is 10.2. The molecule has 2 rings (SSSR count). The molecule has 6 nitrogen and oxygen atoms in total. The number of ether oxygens (including phenoxy) is 1. The van der Waals surface area contributed by atoms with E-state index in [2.05, 4.69) is 15.4 Å². The number of carbonyl (C=O) groups excluding carboxylic acids is 2. The molecule has 0 radical (unpaired) electrons. The van der Waals surface area contributed by atoms with Gasteiger partial charge in [0.25, 0.3) is 5.91 Å². The average molecular weight is 321 g/mol. The number of nitrogens with one attached hydrogen (secondary N) is 2. The Morgan fingerprint density at radius 1 is 0.913 bits per heavy atom. The van der Waals surface area contributed by atoms with Crippen LogP contribution >= 0.6 is 0 Å². The molecule has 0 aromatic heterocycles. The van der Waals surface area contributed by atoms with Crippen LogP contribution in [0.15, 0.2) is 48.5 Å². The third-order valence-corrected chi connectivity index (χ3v) is 2.75. The van der Waals surface area contributed by atoms with Crippen LogP contribution in [0.1, 0.15) is 10.4 Å². The van der Waals surface area contributed by atoms with Crippen LogP contribution in [0.5, 0.6) is 5.75 Å². The zero-order valence-electron chi connectivity index (χ0n) is 11.8. The number of carbonyl (C=O) groups is 2. The van der Waals surface area contributed by atoms with Gasteiger partial charge in [-0.25, -0.2) is 4.79 Å². The molecule has 4 N–H and O–H groups in total. The Morgan fingerprint density at radius 3 is 1.91 bits per heavy atom. The molecule has 3 amide bonds. The molecule has 120 valence electrons. The molecule has 0 spiro atoms. The van der Waals surface area contributed by atoms with Crippen molar-refractivity contribution in [2.75, 3.05) is 10.6 Å². The molecule has 23 heavy (non-hydrogen) atoms. The summed E-state index contributed by atoms with van der Waals surface area (Å²) < 4.78 is 28.3. The molecule has 2 aromatic carbocycles. The van der Waals surface area contributed by atoms with E-state index in [1.807, 2.05) is 0 Å². The van der Waals surface area contributed by atoms with Crippen molar-refractivity contribution in [2.24, 2.45) is 5.73 Å². The highest BCUT2D eigenvalue weighted by molar-refractivity contribution is 6.04. The maximum Gasteiger partial charge on any atom is 0.387 e. The molecule has 8 heteroatoms. The van der Waals surface area contributed by atoms with E-state index < -0.39 is 18.5 Å². The van der Waals surface area contributed by atoms with E-state index in [1.54, 1.807) is 24.3 Å². The van der Waals surface area contributed by atoms with Crippen molar-refractivity contribution in [2.45, 2.75) is 6.61 Å². The van der Waals surface area contributed by atoms with E-state index in [1.165, 1.54) is 24.3 Å². The minimum Gasteiger partial charge on any atom is -0.435 e. The number of benzene rings is 2. The van der Waals surface area contributed by atoms with Gasteiger partial charge in [0.15, 0.2) is 0 Å². The number of hydrogen-bond donors (Lipinski definition) is 3. The van der Waals surface area contributed by atoms with Crippen LogP contribution in [0.25, 0.3) is 0 Å². The number of alkyl halides is 2. The highest BCUT2D eigenvalue weighted by atomic mass is 19.3. The second-order valence-electron chi connectivity index (χ2n) is 4.42. The highest BCUT2D eigenvalue weighted by Crippen LogP contribution is 2.17. The summed E-state index contributed by atoms with van der Waals surface area (Å²) in [6.45, 7) is -2.91. The largest absolute Gasteiger partial charge is 0.435 e. The molecule has 0 aliphatic rings. The predicted molar refractivity (Wildman–Crippen MR) is 80.7 cm³/mol. The number of urea groups is 1. The summed E-state index contributed by atoms with van der Waals surface area (Å²) in [5, 5.41) is 5.02. The van der Waals surface area contributed by atoms with E-state index in [4.69, 9.17) is 5.73 Å². The number of anilines is 2. The number of primary amides is 1. The van der Waals surface area contributed by atoms with Gasteiger partial charge in [-0.2, -0.15) is 8.78 Å². The minimum atomic E-state index is -2.91. The number of hydrogen-bond acceptors (Lipinski definition) is 3. The molecule has 2 aromatic rings. The van der Waals surface area contributed by atoms with Gasteiger partial charge in [-0.15, -0.1) is 0 Å². The first-order chi connectivity index (χ1) is 10.9. The van der Waals surface area contributed by atoms with Crippen LogP contribution in [-0.2, 0) is 0 Å². The Morgan fingerprint density at radius 2 is 1.43 bits per heavy atom. The Labute approximate surface area is 130 Å². The lowest BCUT2D eigenvalue weighted by molar-refractivity contribution is -0.0498. The zero-order valence-corrected chi connectivity index (χ0v) is 11.8. The van der Waals surface area contributed by atoms with E-state index in [9.17, 15) is 18.4 Å². The van der Waals surface area contributed by atoms with Gasteiger partial charge in [-0.05, 0) is 48.5 Å². The molecule has 0 unspecified atom stereocenters. The molecular weight excluding hydrogens is 308 g/mol. The minimum absolute atomic E-state index is 0.0292. The quantitative estimate of drug-likeness (QED) is 0.790. The van der Waals surface area contributed by atoms with Gasteiger partial charge in [0, 0.05) is 16.9 Å². The second kappa shape index (κ2) is 7.21. The Balaban J connectivity index is 1.99. The lowest BCUT2D eigenvalue weighted by atomic mass is 10.2. The van der Waals surface area contributed by atoms with Gasteiger partial charge in [0.1, 0.15) is 5.75 Å². The van der Waals surface area contributed by atoms with Crippen molar-refractivity contribution in [3.8, 4) is 5.75 Å². The summed E-state index contributed by atoms with van der Waals surface area (Å²) in [6, 6.07) is 10.9. The van der Waals surface area contributed by atoms with Crippen LogP contribution in [0.2, 0.25) is 0 Å². The van der Waals surface area contributed by atoms with Gasteiger partial charge in [0.05, 0.1) is 0 Å². The first kappa shape index (κ1) is 16.2. The fraction of sp³-hybridized carbons (Fsp3) is 0.0667. The van der Waals surface area contributed by atoms with Crippen LogP contribution in [0, 0.1) is 0 Å². The fourth-order valence-corrected chi connectivity index (χ4v) is 1.77. The van der Waals surface area contributed by atoms with Crippen LogP contribution in [0.4, 0.5) is 25.0 Å². The van der Waals surface area contributed by atoms with Crippen molar-refractivity contribution >= 4 is 23.3 Å². The topological polar surface area (TPSA) is 93.5 Å². The molecule has 0 aliphatic carbocycles. The standard InChI is InChI=1S/C15H13F2N3O3/c16-14(17)23-12-7-1-9(2-8-12)13(21)19-10-3-5-11(6-4-10)20-15(18)22/h1-8,14H,(H,19,21)(H3,18,20,22). The van der Waals surface area contributed by atoms with E-state index >= 15 is 0 Å². The predicted octanol–water partition coefficient (Wildman–Crippen LogP) is 3.03. The SMILES string of the molecule is NC(=O)Nc1ccc(NC(=O)c2ccc(OC(F)F)cc2)cc1. The lowest BCUT2D eigenvalue weighted by Gasteiger charge is -2.08. The third-order valence-electron chi connectivity index (χ3n) is 2.75. The van der Waals surface area contributed by atoms with Crippen LogP contribution in [0.3, 0.4) is 0 Å². The third kappa shape index (κ3) is 4.95. The maximum atomic E-state index is 12.0.